The number of aryl methyl sites for hydroxylation is 1. The minimum Gasteiger partial charge on any atom is -0.489 e. The van der Waals surface area contributed by atoms with Gasteiger partial charge in [0.15, 0.2) is 0 Å². The minimum absolute atomic E-state index is 0.0867. The monoisotopic (exact) mass is 544 g/mol. The van der Waals surface area contributed by atoms with Gasteiger partial charge in [-0.05, 0) is 52.8 Å². The van der Waals surface area contributed by atoms with E-state index >= 15 is 0 Å². The van der Waals surface area contributed by atoms with E-state index in [0.717, 1.165) is 29.2 Å². The molecule has 0 N–H and O–H groups in total. The summed E-state index contributed by atoms with van der Waals surface area (Å²) in [5.41, 5.74) is 3.18. The summed E-state index contributed by atoms with van der Waals surface area (Å²) in [6.07, 6.45) is -0.374. The Kier molecular flexibility index (Phi) is 7.19. The van der Waals surface area contributed by atoms with Gasteiger partial charge in [-0.25, -0.2) is 4.79 Å². The highest BCUT2D eigenvalue weighted by molar-refractivity contribution is 5.91. The zero-order valence-electron chi connectivity index (χ0n) is 24.0. The van der Waals surface area contributed by atoms with E-state index in [-0.39, 0.29) is 23.7 Å². The van der Waals surface area contributed by atoms with Crippen LogP contribution in [0.3, 0.4) is 0 Å². The molecule has 2 aliphatic heterocycles. The summed E-state index contributed by atoms with van der Waals surface area (Å²) in [6, 6.07) is 11.2. The molecule has 210 valence electrons. The minimum atomic E-state index is -0.584. The normalized spacial score (nSPS) is 19.6. The molecule has 40 heavy (non-hydrogen) atoms. The SMILES string of the molecule is [C-]#[N+]c1ccc2c(n1)c(N1C[C@@H](C)N(Cc3cccc4c3OCCN4C(=O)OC(C)(C)C)C[C@@H]1C)cc(=O)n2C. The number of ether oxygens (including phenoxy) is 2. The van der Waals surface area contributed by atoms with E-state index in [1.807, 2.05) is 39.0 Å². The van der Waals surface area contributed by atoms with Gasteiger partial charge in [0, 0.05) is 50.4 Å². The molecule has 10 heteroatoms. The molecule has 4 heterocycles. The lowest BCUT2D eigenvalue weighted by Crippen LogP contribution is -2.56. The Hall–Kier alpha value is -4.10. The summed E-state index contributed by atoms with van der Waals surface area (Å²) in [5, 5.41) is 0. The van der Waals surface area contributed by atoms with Crippen LogP contribution >= 0.6 is 0 Å². The molecule has 0 aliphatic carbocycles. The van der Waals surface area contributed by atoms with Crippen LogP contribution in [0, 0.1) is 6.57 Å². The van der Waals surface area contributed by atoms with Gasteiger partial charge in [0.05, 0.1) is 23.4 Å². The number of nitrogens with zero attached hydrogens (tertiary/aromatic N) is 6. The number of fused-ring (bicyclic) bond motifs is 2. The fraction of sp³-hybridized carbons (Fsp3) is 0.467. The summed E-state index contributed by atoms with van der Waals surface area (Å²) < 4.78 is 13.3. The van der Waals surface area contributed by atoms with Crippen molar-refractivity contribution in [3.05, 3.63) is 63.7 Å². The molecule has 0 unspecified atom stereocenters. The number of hydrogen-bond donors (Lipinski definition) is 0. The van der Waals surface area contributed by atoms with Crippen LogP contribution in [0.2, 0.25) is 0 Å². The van der Waals surface area contributed by atoms with Gasteiger partial charge in [-0.2, -0.15) is 0 Å². The lowest BCUT2D eigenvalue weighted by molar-refractivity contribution is 0.0567. The third kappa shape index (κ3) is 5.21. The van der Waals surface area contributed by atoms with Crippen molar-refractivity contribution in [3.8, 4) is 5.75 Å². The van der Waals surface area contributed by atoms with Crippen molar-refractivity contribution < 1.29 is 14.3 Å². The van der Waals surface area contributed by atoms with Crippen molar-refractivity contribution in [3.63, 3.8) is 0 Å². The second kappa shape index (κ2) is 10.5. The highest BCUT2D eigenvalue weighted by atomic mass is 16.6. The fourth-order valence-corrected chi connectivity index (χ4v) is 5.50. The van der Waals surface area contributed by atoms with Crippen LogP contribution in [0.5, 0.6) is 5.75 Å². The number of hydrogen-bond acceptors (Lipinski definition) is 7. The van der Waals surface area contributed by atoms with Crippen molar-refractivity contribution in [1.82, 2.24) is 14.5 Å². The third-order valence-corrected chi connectivity index (χ3v) is 7.51. The van der Waals surface area contributed by atoms with Crippen LogP contribution in [0.1, 0.15) is 40.2 Å². The van der Waals surface area contributed by atoms with Crippen LogP contribution in [0.25, 0.3) is 15.9 Å². The molecule has 2 aliphatic rings. The predicted octanol–water partition coefficient (Wildman–Crippen LogP) is 4.72. The van der Waals surface area contributed by atoms with E-state index < -0.39 is 5.60 Å². The molecule has 2 aromatic heterocycles. The summed E-state index contributed by atoms with van der Waals surface area (Å²) in [4.78, 5) is 40.1. The number of piperazine rings is 1. The van der Waals surface area contributed by atoms with E-state index in [1.54, 1.807) is 34.7 Å². The van der Waals surface area contributed by atoms with E-state index in [2.05, 4.69) is 33.5 Å². The van der Waals surface area contributed by atoms with Crippen LogP contribution in [-0.2, 0) is 18.3 Å². The third-order valence-electron chi connectivity index (χ3n) is 7.51. The second-order valence-electron chi connectivity index (χ2n) is 11.6. The molecule has 1 fully saturated rings. The molecule has 0 saturated carbocycles. The maximum absolute atomic E-state index is 12.9. The van der Waals surface area contributed by atoms with Crippen LogP contribution in [-0.4, -0.2) is 64.5 Å². The van der Waals surface area contributed by atoms with Gasteiger partial charge >= 0.3 is 6.09 Å². The van der Waals surface area contributed by atoms with Gasteiger partial charge in [0.25, 0.3) is 11.4 Å². The number of pyridine rings is 2. The molecule has 0 bridgehead atoms. The van der Waals surface area contributed by atoms with Crippen molar-refractivity contribution in [2.24, 2.45) is 7.05 Å². The number of benzene rings is 1. The van der Waals surface area contributed by atoms with E-state index in [9.17, 15) is 9.59 Å². The second-order valence-corrected chi connectivity index (χ2v) is 11.6. The summed E-state index contributed by atoms with van der Waals surface area (Å²) in [5.74, 6) is 1.02. The number of rotatable bonds is 3. The molecule has 0 radical (unpaired) electrons. The standard InChI is InChI=1S/C30H36N6O4/c1-19-17-36(24-15-26(37)33(7)22-11-12-25(31-6)32-27(22)24)20(2)16-34(19)18-21-9-8-10-23-28(21)39-14-13-35(23)29(38)40-30(3,4)5/h8-12,15,19-20H,13-14,16-18H2,1-5,7H3/t19-,20+/m1/s1. The highest BCUT2D eigenvalue weighted by Gasteiger charge is 2.34. The lowest BCUT2D eigenvalue weighted by atomic mass is 10.0. The van der Waals surface area contributed by atoms with Gasteiger partial charge in [0.2, 0.25) is 5.52 Å². The zero-order chi connectivity index (χ0) is 28.8. The topological polar surface area (TPSA) is 84.5 Å². The summed E-state index contributed by atoms with van der Waals surface area (Å²) in [6.45, 7) is 20.2. The average Bonchev–Trinajstić information content (AvgIpc) is 2.91. The Morgan fingerprint density at radius 3 is 2.65 bits per heavy atom. The van der Waals surface area contributed by atoms with Gasteiger partial charge in [-0.3, -0.25) is 14.6 Å². The molecule has 1 aromatic carbocycles. The molecule has 2 atom stereocenters. The number of anilines is 2. The van der Waals surface area contributed by atoms with Gasteiger partial charge in [0.1, 0.15) is 18.0 Å². The highest BCUT2D eigenvalue weighted by Crippen LogP contribution is 2.37. The molecular formula is C30H36N6O4. The Morgan fingerprint density at radius 2 is 1.93 bits per heavy atom. The Labute approximate surface area is 234 Å². The number of aromatic nitrogens is 2. The number of amides is 1. The number of para-hydroxylation sites is 1. The maximum Gasteiger partial charge on any atom is 0.415 e. The smallest absolute Gasteiger partial charge is 0.415 e. The number of carbonyl (C=O) groups is 1. The van der Waals surface area contributed by atoms with Crippen molar-refractivity contribution in [2.75, 3.05) is 36.0 Å². The van der Waals surface area contributed by atoms with Gasteiger partial charge < -0.3 is 23.8 Å². The molecule has 1 saturated heterocycles. The van der Waals surface area contributed by atoms with Crippen LogP contribution in [0.15, 0.2) is 41.2 Å². The first-order valence-electron chi connectivity index (χ1n) is 13.6. The first kappa shape index (κ1) is 27.5. The van der Waals surface area contributed by atoms with Gasteiger partial charge in [-0.1, -0.05) is 18.7 Å². The molecule has 5 rings (SSSR count). The molecule has 3 aromatic rings. The first-order chi connectivity index (χ1) is 19.0. The Morgan fingerprint density at radius 1 is 1.15 bits per heavy atom. The Balaban J connectivity index is 1.40. The number of carbonyl (C=O) groups excluding carboxylic acids is 1. The molecular weight excluding hydrogens is 508 g/mol. The molecule has 0 spiro atoms. The fourth-order valence-electron chi connectivity index (χ4n) is 5.50. The van der Waals surface area contributed by atoms with Crippen molar-refractivity contribution >= 4 is 34.3 Å². The maximum atomic E-state index is 12.9. The quantitative estimate of drug-likeness (QED) is 0.441. The Bertz CT molecular complexity index is 1550. The zero-order valence-corrected chi connectivity index (χ0v) is 24.0. The average molecular weight is 545 g/mol. The van der Waals surface area contributed by atoms with E-state index in [0.29, 0.717) is 43.1 Å². The molecule has 1 amide bonds. The van der Waals surface area contributed by atoms with E-state index in [4.69, 9.17) is 16.0 Å². The lowest BCUT2D eigenvalue weighted by Gasteiger charge is -2.45. The summed E-state index contributed by atoms with van der Waals surface area (Å²) >= 11 is 0. The predicted molar refractivity (Wildman–Crippen MR) is 155 cm³/mol. The molecule has 10 nitrogen and oxygen atoms in total. The van der Waals surface area contributed by atoms with Crippen molar-refractivity contribution in [2.45, 2.75) is 58.8 Å². The van der Waals surface area contributed by atoms with Crippen LogP contribution in [0.4, 0.5) is 22.0 Å². The largest absolute Gasteiger partial charge is 0.489 e. The van der Waals surface area contributed by atoms with Gasteiger partial charge in [-0.15, -0.1) is 4.98 Å². The van der Waals surface area contributed by atoms with Crippen molar-refractivity contribution in [1.29, 1.82) is 0 Å². The first-order valence-corrected chi connectivity index (χ1v) is 13.6. The summed E-state index contributed by atoms with van der Waals surface area (Å²) in [7, 11) is 1.73. The van der Waals surface area contributed by atoms with Crippen LogP contribution < -0.4 is 20.1 Å². The van der Waals surface area contributed by atoms with E-state index in [1.165, 1.54) is 0 Å².